The summed E-state index contributed by atoms with van der Waals surface area (Å²) in [6, 6.07) is 4.85. The van der Waals surface area contributed by atoms with Gasteiger partial charge in [0.15, 0.2) is 0 Å². The maximum atomic E-state index is 11.5. The number of carbonyl (C=O) groups excluding carboxylic acids is 1. The number of aromatic nitrogens is 4. The Morgan fingerprint density at radius 2 is 2.29 bits per heavy atom. The number of rotatable bonds is 3. The van der Waals surface area contributed by atoms with Crippen LogP contribution in [0.3, 0.4) is 0 Å². The largest absolute Gasteiger partial charge is 0.378 e. The number of hydrazone groups is 1. The number of nitrogens with zero attached hydrogens (tertiary/aromatic N) is 5. The second kappa shape index (κ2) is 5.50. The highest BCUT2D eigenvalue weighted by Gasteiger charge is 2.09. The maximum absolute atomic E-state index is 11.5. The molecule has 0 saturated carbocycles. The third-order valence-corrected chi connectivity index (χ3v) is 2.98. The average Bonchev–Trinajstić information content (AvgIpc) is 3.09. The fraction of sp³-hybridized carbons (Fsp3) is 0. The minimum Gasteiger partial charge on any atom is -0.378 e. The number of hydrogen-bond acceptors (Lipinski definition) is 9. The molecule has 2 heterocycles. The third-order valence-electron chi connectivity index (χ3n) is 2.43. The maximum Gasteiger partial charge on any atom is 0.340 e. The van der Waals surface area contributed by atoms with E-state index in [1.54, 1.807) is 0 Å². The lowest BCUT2D eigenvalue weighted by atomic mass is 10.2. The predicted octanol–water partition coefficient (Wildman–Crippen LogP) is 0.812. The number of amides is 2. The van der Waals surface area contributed by atoms with Crippen molar-refractivity contribution in [2.75, 3.05) is 11.1 Å². The van der Waals surface area contributed by atoms with Crippen molar-refractivity contribution in [3.8, 4) is 0 Å². The van der Waals surface area contributed by atoms with Crippen LogP contribution in [0.15, 0.2) is 27.9 Å². The smallest absolute Gasteiger partial charge is 0.340 e. The zero-order valence-corrected chi connectivity index (χ0v) is 11.2. The first kappa shape index (κ1) is 12.9. The molecule has 0 unspecified atom stereocenters. The number of nitrogen functional groups attached to an aromatic ring is 1. The summed E-state index contributed by atoms with van der Waals surface area (Å²) in [5.41, 5.74) is 9.89. The van der Waals surface area contributed by atoms with Crippen LogP contribution in [0.2, 0.25) is 0 Å². The Morgan fingerprint density at radius 1 is 1.38 bits per heavy atom. The van der Waals surface area contributed by atoms with Crippen LogP contribution in [0.1, 0.15) is 5.56 Å². The van der Waals surface area contributed by atoms with Crippen molar-refractivity contribution < 1.29 is 9.42 Å². The monoisotopic (exact) mass is 304 g/mol. The molecule has 21 heavy (non-hydrogen) atoms. The van der Waals surface area contributed by atoms with Crippen molar-refractivity contribution in [2.45, 2.75) is 0 Å². The summed E-state index contributed by atoms with van der Waals surface area (Å²) in [6.07, 6.45) is 1.47. The van der Waals surface area contributed by atoms with Gasteiger partial charge in [-0.25, -0.2) is 14.8 Å². The first-order valence-electron chi connectivity index (χ1n) is 5.63. The molecule has 0 fully saturated rings. The molecule has 0 aliphatic heterocycles. The van der Waals surface area contributed by atoms with Crippen molar-refractivity contribution in [1.82, 2.24) is 24.5 Å². The molecule has 3 aromatic rings. The van der Waals surface area contributed by atoms with Gasteiger partial charge in [0, 0.05) is 5.56 Å². The number of urea groups is 1. The van der Waals surface area contributed by atoms with Crippen LogP contribution in [0.5, 0.6) is 0 Å². The van der Waals surface area contributed by atoms with Gasteiger partial charge in [-0.1, -0.05) is 12.1 Å². The van der Waals surface area contributed by atoms with Crippen LogP contribution in [0, 0.1) is 0 Å². The van der Waals surface area contributed by atoms with Gasteiger partial charge in [0.25, 0.3) is 0 Å². The van der Waals surface area contributed by atoms with Crippen LogP contribution in [-0.4, -0.2) is 31.3 Å². The first-order chi connectivity index (χ1) is 10.2. The van der Waals surface area contributed by atoms with Gasteiger partial charge in [-0.2, -0.15) is 13.8 Å². The highest BCUT2D eigenvalue weighted by Crippen LogP contribution is 2.14. The van der Waals surface area contributed by atoms with E-state index in [4.69, 9.17) is 5.73 Å². The minimum atomic E-state index is -0.628. The number of benzene rings is 1. The molecule has 2 amide bonds. The number of nitrogens with one attached hydrogen (secondary N) is 2. The molecule has 0 bridgehead atoms. The molecule has 0 aliphatic rings. The zero-order valence-electron chi connectivity index (χ0n) is 10.3. The quantitative estimate of drug-likeness (QED) is 0.479. The van der Waals surface area contributed by atoms with Crippen molar-refractivity contribution in [3.05, 3.63) is 23.8 Å². The van der Waals surface area contributed by atoms with E-state index >= 15 is 0 Å². The predicted molar refractivity (Wildman–Crippen MR) is 75.9 cm³/mol. The lowest BCUT2D eigenvalue weighted by Gasteiger charge is -1.99. The summed E-state index contributed by atoms with van der Waals surface area (Å²) in [7, 11) is 0. The number of anilines is 2. The van der Waals surface area contributed by atoms with Crippen LogP contribution in [0.4, 0.5) is 16.4 Å². The minimum absolute atomic E-state index is 0.0209. The zero-order chi connectivity index (χ0) is 14.7. The second-order valence-electron chi connectivity index (χ2n) is 3.80. The van der Waals surface area contributed by atoms with Gasteiger partial charge in [-0.3, -0.25) is 5.32 Å². The molecule has 4 N–H and O–H groups in total. The van der Waals surface area contributed by atoms with Crippen molar-refractivity contribution in [3.63, 3.8) is 0 Å². The van der Waals surface area contributed by atoms with Gasteiger partial charge in [-0.05, 0) is 16.4 Å². The average molecular weight is 304 g/mol. The molecular formula is C10H8N8O2S. The van der Waals surface area contributed by atoms with Crippen molar-refractivity contribution >= 4 is 46.6 Å². The van der Waals surface area contributed by atoms with Gasteiger partial charge < -0.3 is 5.73 Å². The number of nitrogens with two attached hydrogens (primary N) is 1. The molecule has 2 aromatic heterocycles. The summed E-state index contributed by atoms with van der Waals surface area (Å²) in [5.74, 6) is 0.000878. The molecular weight excluding hydrogens is 296 g/mol. The van der Waals surface area contributed by atoms with Gasteiger partial charge in [-0.15, -0.1) is 0 Å². The molecule has 11 heteroatoms. The van der Waals surface area contributed by atoms with E-state index in [9.17, 15) is 4.79 Å². The molecule has 106 valence electrons. The summed E-state index contributed by atoms with van der Waals surface area (Å²) in [4.78, 5) is 11.5. The van der Waals surface area contributed by atoms with Crippen LogP contribution in [-0.2, 0) is 0 Å². The SMILES string of the molecule is Nc1nonc1NC(=O)NN=Cc1cccc2nsnc12. The summed E-state index contributed by atoms with van der Waals surface area (Å²) in [5, 5.41) is 12.9. The van der Waals surface area contributed by atoms with Gasteiger partial charge in [0.1, 0.15) is 11.0 Å². The molecule has 0 radical (unpaired) electrons. The normalized spacial score (nSPS) is 11.0. The van der Waals surface area contributed by atoms with E-state index in [0.29, 0.717) is 0 Å². The van der Waals surface area contributed by atoms with Crippen molar-refractivity contribution in [1.29, 1.82) is 0 Å². The topological polar surface area (TPSA) is 144 Å². The van der Waals surface area contributed by atoms with E-state index in [-0.39, 0.29) is 11.6 Å². The van der Waals surface area contributed by atoms with Crippen LogP contribution in [0.25, 0.3) is 11.0 Å². The van der Waals surface area contributed by atoms with Crippen LogP contribution < -0.4 is 16.5 Å². The molecule has 0 saturated heterocycles. The summed E-state index contributed by atoms with van der Waals surface area (Å²) < 4.78 is 12.6. The number of fused-ring (bicyclic) bond motifs is 1. The molecule has 0 aliphatic carbocycles. The fourth-order valence-electron chi connectivity index (χ4n) is 1.51. The van der Waals surface area contributed by atoms with E-state index in [2.05, 4.69) is 39.5 Å². The molecule has 1 aromatic carbocycles. The molecule has 3 rings (SSSR count). The Labute approximate surface area is 121 Å². The first-order valence-corrected chi connectivity index (χ1v) is 6.36. The van der Waals surface area contributed by atoms with E-state index < -0.39 is 6.03 Å². The lowest BCUT2D eigenvalue weighted by molar-refractivity contribution is 0.252. The highest BCUT2D eigenvalue weighted by molar-refractivity contribution is 7.00. The van der Waals surface area contributed by atoms with Gasteiger partial charge in [0.05, 0.1) is 17.9 Å². The van der Waals surface area contributed by atoms with Crippen molar-refractivity contribution in [2.24, 2.45) is 5.10 Å². The van der Waals surface area contributed by atoms with E-state index in [1.807, 2.05) is 18.2 Å². The highest BCUT2D eigenvalue weighted by atomic mass is 32.1. The third kappa shape index (κ3) is 2.76. The van der Waals surface area contributed by atoms with E-state index in [0.717, 1.165) is 28.3 Å². The molecule has 0 spiro atoms. The van der Waals surface area contributed by atoms with Gasteiger partial charge >= 0.3 is 6.03 Å². The Balaban J connectivity index is 1.66. The van der Waals surface area contributed by atoms with E-state index in [1.165, 1.54) is 6.21 Å². The molecule has 0 atom stereocenters. The van der Waals surface area contributed by atoms with Crippen LogP contribution >= 0.6 is 11.7 Å². The Bertz CT molecular complexity index is 810. The summed E-state index contributed by atoms with van der Waals surface area (Å²) in [6.45, 7) is 0. The standard InChI is InChI=1S/C10H8N8O2S/c11-8-9(16-20-15-8)13-10(19)14-12-4-5-2-1-3-6-7(5)18-21-17-6/h1-4H,(H2,11,15)(H2,13,14,16,19). The Kier molecular flexibility index (Phi) is 3.39. The summed E-state index contributed by atoms with van der Waals surface area (Å²) >= 11 is 1.11. The second-order valence-corrected chi connectivity index (χ2v) is 4.33. The molecule has 10 nitrogen and oxygen atoms in total. The van der Waals surface area contributed by atoms with Gasteiger partial charge in [0.2, 0.25) is 11.6 Å². The number of hydrogen-bond donors (Lipinski definition) is 3. The fourth-order valence-corrected chi connectivity index (χ4v) is 2.07. The lowest BCUT2D eigenvalue weighted by Crippen LogP contribution is -2.24. The Morgan fingerprint density at radius 3 is 3.10 bits per heavy atom. The number of carbonyl (C=O) groups is 1. The Hall–Kier alpha value is -3.08.